The molecule has 0 aromatic carbocycles. The van der Waals surface area contributed by atoms with Gasteiger partial charge in [-0.05, 0) is 37.5 Å². The van der Waals surface area contributed by atoms with Crippen LogP contribution in [0, 0.1) is 11.8 Å². The van der Waals surface area contributed by atoms with E-state index in [2.05, 4.69) is 15.3 Å². The average Bonchev–Trinajstić information content (AvgIpc) is 2.35. The number of nitrogens with zero attached hydrogens (tertiary/aromatic N) is 1. The first-order valence-electron chi connectivity index (χ1n) is 6.19. The highest BCUT2D eigenvalue weighted by molar-refractivity contribution is 5.86. The minimum absolute atomic E-state index is 0.474. The lowest BCUT2D eigenvalue weighted by Gasteiger charge is -2.35. The van der Waals surface area contributed by atoms with Crippen molar-refractivity contribution in [2.45, 2.75) is 44.9 Å². The van der Waals surface area contributed by atoms with Gasteiger partial charge in [0.2, 0.25) is 0 Å². The maximum Gasteiger partial charge on any atom is 0.427 e. The Morgan fingerprint density at radius 1 is 1.31 bits per heavy atom. The maximum absolute atomic E-state index is 10.9. The fourth-order valence-corrected chi connectivity index (χ4v) is 2.96. The van der Waals surface area contributed by atoms with E-state index in [-0.39, 0.29) is 0 Å². The van der Waals surface area contributed by atoms with Gasteiger partial charge in [0.25, 0.3) is 0 Å². The molecule has 2 saturated carbocycles. The minimum atomic E-state index is -0.474. The monoisotopic (exact) mass is 224 g/mol. The summed E-state index contributed by atoms with van der Waals surface area (Å²) in [5, 5.41) is 4.14. The molecule has 16 heavy (non-hydrogen) atoms. The molecule has 4 heteroatoms. The first-order valence-corrected chi connectivity index (χ1v) is 6.19. The minimum Gasteiger partial charge on any atom is -0.452 e. The van der Waals surface area contributed by atoms with E-state index in [1.165, 1.54) is 39.2 Å². The van der Waals surface area contributed by atoms with Gasteiger partial charge in [-0.3, -0.25) is 0 Å². The Labute approximate surface area is 96.4 Å². The Kier molecular flexibility index (Phi) is 3.80. The van der Waals surface area contributed by atoms with E-state index in [0.29, 0.717) is 0 Å². The third-order valence-corrected chi connectivity index (χ3v) is 3.86. The van der Waals surface area contributed by atoms with Crippen molar-refractivity contribution < 1.29 is 9.53 Å². The van der Waals surface area contributed by atoms with Crippen LogP contribution in [0.3, 0.4) is 0 Å². The summed E-state index contributed by atoms with van der Waals surface area (Å²) in [4.78, 5) is 10.9. The number of ether oxygens (including phenoxy) is 1. The molecule has 4 nitrogen and oxygen atoms in total. The molecule has 0 aromatic rings. The third kappa shape index (κ3) is 2.74. The molecule has 0 bridgehead atoms. The quantitative estimate of drug-likeness (QED) is 0.696. The fourth-order valence-electron chi connectivity index (χ4n) is 2.96. The van der Waals surface area contributed by atoms with E-state index in [1.54, 1.807) is 0 Å². The molecule has 2 aliphatic carbocycles. The van der Waals surface area contributed by atoms with Gasteiger partial charge in [-0.15, -0.1) is 0 Å². The first kappa shape index (κ1) is 11.4. The van der Waals surface area contributed by atoms with Gasteiger partial charge < -0.3 is 4.74 Å². The van der Waals surface area contributed by atoms with Gasteiger partial charge in [0, 0.05) is 5.71 Å². The van der Waals surface area contributed by atoms with Crippen LogP contribution < -0.4 is 5.43 Å². The Balaban J connectivity index is 1.87. The van der Waals surface area contributed by atoms with E-state index in [4.69, 9.17) is 0 Å². The lowest BCUT2D eigenvalue weighted by atomic mass is 9.70. The van der Waals surface area contributed by atoms with Crippen molar-refractivity contribution in [2.75, 3.05) is 7.11 Å². The molecule has 90 valence electrons. The fraction of sp³-hybridized carbons (Fsp3) is 0.833. The molecular formula is C12H20N2O2. The number of fused-ring (bicyclic) bond motifs is 1. The molecule has 2 rings (SSSR count). The standard InChI is InChI=1S/C12H20N2O2/c1-16-12(15)14-13-11-7-6-9-4-2-3-5-10(9)8-11/h9-10H,2-8H2,1H3,(H,14,15)/b13-11-/t9-,10+/m1/s1. The number of methoxy groups -OCH3 is 1. The summed E-state index contributed by atoms with van der Waals surface area (Å²) in [6.45, 7) is 0. The van der Waals surface area contributed by atoms with E-state index in [0.717, 1.165) is 30.4 Å². The van der Waals surface area contributed by atoms with E-state index < -0.39 is 6.09 Å². The topological polar surface area (TPSA) is 50.7 Å². The third-order valence-electron chi connectivity index (χ3n) is 3.86. The van der Waals surface area contributed by atoms with Crippen molar-refractivity contribution in [3.8, 4) is 0 Å². The molecular weight excluding hydrogens is 204 g/mol. The van der Waals surface area contributed by atoms with Gasteiger partial charge in [0.15, 0.2) is 0 Å². The Bertz CT molecular complexity index is 289. The van der Waals surface area contributed by atoms with Gasteiger partial charge in [0.05, 0.1) is 7.11 Å². The lowest BCUT2D eigenvalue weighted by molar-refractivity contribution is 0.171. The smallest absolute Gasteiger partial charge is 0.427 e. The summed E-state index contributed by atoms with van der Waals surface area (Å²) in [6.07, 6.45) is 8.35. The van der Waals surface area contributed by atoms with Gasteiger partial charge in [0.1, 0.15) is 0 Å². The number of carbonyl (C=O) groups excluding carboxylic acids is 1. The lowest BCUT2D eigenvalue weighted by Crippen LogP contribution is -2.29. The van der Waals surface area contributed by atoms with Crippen molar-refractivity contribution in [1.82, 2.24) is 5.43 Å². The second-order valence-electron chi connectivity index (χ2n) is 4.83. The zero-order chi connectivity index (χ0) is 11.4. The van der Waals surface area contributed by atoms with Gasteiger partial charge in [-0.25, -0.2) is 10.2 Å². The van der Waals surface area contributed by atoms with Crippen LogP contribution >= 0.6 is 0 Å². The number of amides is 1. The first-order chi connectivity index (χ1) is 7.79. The molecule has 0 saturated heterocycles. The summed E-state index contributed by atoms with van der Waals surface area (Å²) >= 11 is 0. The number of rotatable bonds is 1. The molecule has 0 heterocycles. The van der Waals surface area contributed by atoms with Crippen LogP contribution in [-0.4, -0.2) is 18.9 Å². The van der Waals surface area contributed by atoms with Crippen LogP contribution in [0.1, 0.15) is 44.9 Å². The molecule has 0 spiro atoms. The predicted molar refractivity (Wildman–Crippen MR) is 62.3 cm³/mol. The van der Waals surface area contributed by atoms with Crippen LogP contribution in [0.25, 0.3) is 0 Å². The van der Waals surface area contributed by atoms with Gasteiger partial charge >= 0.3 is 6.09 Å². The molecule has 1 N–H and O–H groups in total. The molecule has 1 amide bonds. The van der Waals surface area contributed by atoms with Gasteiger partial charge in [-0.1, -0.05) is 19.3 Å². The molecule has 0 aliphatic heterocycles. The molecule has 2 aliphatic rings. The number of hydrogen-bond acceptors (Lipinski definition) is 3. The zero-order valence-electron chi connectivity index (χ0n) is 9.87. The van der Waals surface area contributed by atoms with Crippen molar-refractivity contribution in [1.29, 1.82) is 0 Å². The summed E-state index contributed by atoms with van der Waals surface area (Å²) in [5.74, 6) is 1.71. The van der Waals surface area contributed by atoms with Crippen LogP contribution in [0.5, 0.6) is 0 Å². The van der Waals surface area contributed by atoms with Crippen molar-refractivity contribution in [3.63, 3.8) is 0 Å². The highest BCUT2D eigenvalue weighted by Gasteiger charge is 2.30. The summed E-state index contributed by atoms with van der Waals surface area (Å²) < 4.78 is 4.49. The Morgan fingerprint density at radius 3 is 2.81 bits per heavy atom. The van der Waals surface area contributed by atoms with Crippen LogP contribution in [0.15, 0.2) is 5.10 Å². The largest absolute Gasteiger partial charge is 0.452 e. The summed E-state index contributed by atoms with van der Waals surface area (Å²) in [6, 6.07) is 0. The Morgan fingerprint density at radius 2 is 2.06 bits per heavy atom. The average molecular weight is 224 g/mol. The van der Waals surface area contributed by atoms with E-state index in [1.807, 2.05) is 0 Å². The molecule has 2 fully saturated rings. The predicted octanol–water partition coefficient (Wildman–Crippen LogP) is 2.69. The van der Waals surface area contributed by atoms with Crippen molar-refractivity contribution in [3.05, 3.63) is 0 Å². The number of hydrogen-bond donors (Lipinski definition) is 1. The maximum atomic E-state index is 10.9. The normalized spacial score (nSPS) is 31.9. The number of nitrogens with one attached hydrogen (secondary N) is 1. The van der Waals surface area contributed by atoms with Crippen molar-refractivity contribution >= 4 is 11.8 Å². The second-order valence-corrected chi connectivity index (χ2v) is 4.83. The molecule has 0 radical (unpaired) electrons. The molecule has 0 unspecified atom stereocenters. The van der Waals surface area contributed by atoms with E-state index in [9.17, 15) is 4.79 Å². The second kappa shape index (κ2) is 5.32. The highest BCUT2D eigenvalue weighted by Crippen LogP contribution is 2.39. The van der Waals surface area contributed by atoms with Crippen molar-refractivity contribution in [2.24, 2.45) is 16.9 Å². The number of carbonyl (C=O) groups is 1. The summed E-state index contributed by atoms with van der Waals surface area (Å²) in [7, 11) is 1.35. The van der Waals surface area contributed by atoms with E-state index >= 15 is 0 Å². The molecule has 0 aromatic heterocycles. The van der Waals surface area contributed by atoms with Gasteiger partial charge in [-0.2, -0.15) is 5.10 Å². The SMILES string of the molecule is COC(=O)N/N=C1/CC[C@H]2CCCC[C@H]2C1. The summed E-state index contributed by atoms with van der Waals surface area (Å²) in [5.41, 5.74) is 3.56. The van der Waals surface area contributed by atoms with Crippen LogP contribution in [0.2, 0.25) is 0 Å². The highest BCUT2D eigenvalue weighted by atomic mass is 16.5. The van der Waals surface area contributed by atoms with Crippen LogP contribution in [0.4, 0.5) is 4.79 Å². The van der Waals surface area contributed by atoms with Crippen LogP contribution in [-0.2, 0) is 4.74 Å². The number of hydrazone groups is 1. The zero-order valence-corrected chi connectivity index (χ0v) is 9.87. The molecule has 2 atom stereocenters. The Hall–Kier alpha value is -1.06.